The summed E-state index contributed by atoms with van der Waals surface area (Å²) in [4.78, 5) is 23.8. The molecule has 4 rings (SSSR count). The third-order valence-corrected chi connectivity index (χ3v) is 4.59. The zero-order chi connectivity index (χ0) is 16.7. The normalized spacial score (nSPS) is 13.8. The SMILES string of the molecule is O=C(O)c1cccc(Cn2ncc3c4n(cc3c2=O)CCCC4)c1. The van der Waals surface area contributed by atoms with Gasteiger partial charge in [0.05, 0.1) is 23.7 Å². The van der Waals surface area contributed by atoms with Gasteiger partial charge >= 0.3 is 5.97 Å². The van der Waals surface area contributed by atoms with E-state index in [4.69, 9.17) is 5.11 Å². The van der Waals surface area contributed by atoms with E-state index in [1.165, 1.54) is 16.4 Å². The fourth-order valence-electron chi connectivity index (χ4n) is 3.39. The number of hydrogen-bond donors (Lipinski definition) is 1. The number of carbonyl (C=O) groups is 1. The van der Waals surface area contributed by atoms with Gasteiger partial charge in [0.25, 0.3) is 5.56 Å². The zero-order valence-electron chi connectivity index (χ0n) is 13.1. The molecule has 2 aromatic heterocycles. The average molecular weight is 323 g/mol. The third-order valence-electron chi connectivity index (χ3n) is 4.59. The summed E-state index contributed by atoms with van der Waals surface area (Å²) in [5.74, 6) is -0.979. The second-order valence-corrected chi connectivity index (χ2v) is 6.17. The quantitative estimate of drug-likeness (QED) is 0.802. The van der Waals surface area contributed by atoms with Gasteiger partial charge in [0.1, 0.15) is 0 Å². The molecule has 1 N–H and O–H groups in total. The van der Waals surface area contributed by atoms with Crippen LogP contribution in [-0.4, -0.2) is 25.4 Å². The van der Waals surface area contributed by atoms with Gasteiger partial charge in [-0.15, -0.1) is 0 Å². The Balaban J connectivity index is 1.75. The summed E-state index contributed by atoms with van der Waals surface area (Å²) in [6.45, 7) is 1.21. The van der Waals surface area contributed by atoms with Crippen molar-refractivity contribution in [2.24, 2.45) is 0 Å². The number of carboxylic acids is 1. The Labute approximate surface area is 138 Å². The number of nitrogens with zero attached hydrogens (tertiary/aromatic N) is 3. The number of fused-ring (bicyclic) bond motifs is 3. The van der Waals surface area contributed by atoms with E-state index >= 15 is 0 Å². The molecule has 0 radical (unpaired) electrons. The van der Waals surface area contributed by atoms with Gasteiger partial charge in [-0.1, -0.05) is 12.1 Å². The van der Waals surface area contributed by atoms with Crippen LogP contribution in [0.2, 0.25) is 0 Å². The first kappa shape index (κ1) is 14.7. The highest BCUT2D eigenvalue weighted by molar-refractivity contribution is 5.87. The highest BCUT2D eigenvalue weighted by Gasteiger charge is 2.16. The van der Waals surface area contributed by atoms with Gasteiger partial charge in [0.15, 0.2) is 0 Å². The van der Waals surface area contributed by atoms with Crippen molar-refractivity contribution in [1.82, 2.24) is 14.3 Å². The first-order chi connectivity index (χ1) is 11.6. The van der Waals surface area contributed by atoms with Crippen molar-refractivity contribution in [3.05, 3.63) is 63.8 Å². The summed E-state index contributed by atoms with van der Waals surface area (Å²) in [7, 11) is 0. The molecule has 0 atom stereocenters. The molecule has 6 heteroatoms. The molecule has 0 saturated carbocycles. The van der Waals surface area contributed by atoms with E-state index in [2.05, 4.69) is 9.67 Å². The molecule has 24 heavy (non-hydrogen) atoms. The largest absolute Gasteiger partial charge is 0.478 e. The van der Waals surface area contributed by atoms with E-state index < -0.39 is 5.97 Å². The van der Waals surface area contributed by atoms with Crippen LogP contribution in [0.15, 0.2) is 41.5 Å². The highest BCUT2D eigenvalue weighted by Crippen LogP contribution is 2.24. The Morgan fingerprint density at radius 1 is 1.25 bits per heavy atom. The standard InChI is InChI=1S/C18H17N3O3/c22-17-15-11-20-7-2-1-6-16(20)14(15)9-19-21(17)10-12-4-3-5-13(8-12)18(23)24/h3-5,8-9,11H,1-2,6-7,10H2,(H,23,24). The molecule has 0 fully saturated rings. The minimum Gasteiger partial charge on any atom is -0.478 e. The molecule has 3 aromatic rings. The van der Waals surface area contributed by atoms with E-state index in [9.17, 15) is 9.59 Å². The van der Waals surface area contributed by atoms with Crippen molar-refractivity contribution < 1.29 is 9.90 Å². The Hall–Kier alpha value is -2.89. The molecule has 1 aliphatic rings. The topological polar surface area (TPSA) is 77.1 Å². The van der Waals surface area contributed by atoms with Crippen LogP contribution < -0.4 is 5.56 Å². The van der Waals surface area contributed by atoms with Gasteiger partial charge < -0.3 is 9.67 Å². The molecule has 3 heterocycles. The van der Waals surface area contributed by atoms with Gasteiger partial charge in [0, 0.05) is 23.8 Å². The molecule has 0 spiro atoms. The Bertz CT molecular complexity index is 1000. The van der Waals surface area contributed by atoms with Crippen molar-refractivity contribution in [2.45, 2.75) is 32.4 Å². The maximum atomic E-state index is 12.7. The van der Waals surface area contributed by atoms with E-state index in [1.807, 2.05) is 6.20 Å². The van der Waals surface area contributed by atoms with Gasteiger partial charge in [-0.25, -0.2) is 9.48 Å². The van der Waals surface area contributed by atoms with Crippen molar-refractivity contribution >= 4 is 16.7 Å². The Morgan fingerprint density at radius 3 is 2.96 bits per heavy atom. The summed E-state index contributed by atoms with van der Waals surface area (Å²) in [6.07, 6.45) is 6.95. The second kappa shape index (κ2) is 5.63. The van der Waals surface area contributed by atoms with Crippen molar-refractivity contribution in [2.75, 3.05) is 0 Å². The van der Waals surface area contributed by atoms with Gasteiger partial charge in [-0.05, 0) is 37.0 Å². The Kier molecular flexibility index (Phi) is 3.45. The average Bonchev–Trinajstić information content (AvgIpc) is 2.97. The first-order valence-corrected chi connectivity index (χ1v) is 8.03. The monoisotopic (exact) mass is 323 g/mol. The minimum absolute atomic E-state index is 0.130. The number of benzene rings is 1. The van der Waals surface area contributed by atoms with Crippen LogP contribution >= 0.6 is 0 Å². The fourth-order valence-corrected chi connectivity index (χ4v) is 3.39. The lowest BCUT2D eigenvalue weighted by Gasteiger charge is -2.14. The zero-order valence-corrected chi connectivity index (χ0v) is 13.1. The highest BCUT2D eigenvalue weighted by atomic mass is 16.4. The van der Waals surface area contributed by atoms with Crippen LogP contribution in [0.1, 0.15) is 34.5 Å². The summed E-state index contributed by atoms with van der Waals surface area (Å²) in [5, 5.41) is 15.0. The summed E-state index contributed by atoms with van der Waals surface area (Å²) in [5.41, 5.74) is 2.02. The summed E-state index contributed by atoms with van der Waals surface area (Å²) in [6, 6.07) is 6.59. The van der Waals surface area contributed by atoms with Gasteiger partial charge in [-0.3, -0.25) is 4.79 Å². The van der Waals surface area contributed by atoms with Crippen molar-refractivity contribution in [3.63, 3.8) is 0 Å². The number of aromatic nitrogens is 3. The summed E-state index contributed by atoms with van der Waals surface area (Å²) >= 11 is 0. The molecule has 0 amide bonds. The molecule has 1 aromatic carbocycles. The van der Waals surface area contributed by atoms with Crippen LogP contribution in [0, 0.1) is 0 Å². The molecule has 0 bridgehead atoms. The smallest absolute Gasteiger partial charge is 0.335 e. The predicted molar refractivity (Wildman–Crippen MR) is 89.4 cm³/mol. The number of aryl methyl sites for hydroxylation is 2. The van der Waals surface area contributed by atoms with Gasteiger partial charge in [0.2, 0.25) is 0 Å². The van der Waals surface area contributed by atoms with Crippen molar-refractivity contribution in [3.8, 4) is 0 Å². The molecule has 1 aliphatic heterocycles. The van der Waals surface area contributed by atoms with E-state index in [0.29, 0.717) is 5.39 Å². The van der Waals surface area contributed by atoms with Crippen LogP contribution in [0.25, 0.3) is 10.8 Å². The van der Waals surface area contributed by atoms with E-state index in [1.54, 1.807) is 24.4 Å². The van der Waals surface area contributed by atoms with Crippen LogP contribution in [0.4, 0.5) is 0 Å². The van der Waals surface area contributed by atoms with E-state index in [-0.39, 0.29) is 17.7 Å². The summed E-state index contributed by atoms with van der Waals surface area (Å²) < 4.78 is 3.56. The lowest BCUT2D eigenvalue weighted by molar-refractivity contribution is 0.0696. The first-order valence-electron chi connectivity index (χ1n) is 8.03. The number of carboxylic acid groups (broad SMARTS) is 1. The van der Waals surface area contributed by atoms with Crippen LogP contribution in [-0.2, 0) is 19.5 Å². The third kappa shape index (κ3) is 2.40. The lowest BCUT2D eigenvalue weighted by Crippen LogP contribution is -2.23. The fraction of sp³-hybridized carbons (Fsp3) is 0.278. The number of hydrogen-bond acceptors (Lipinski definition) is 3. The van der Waals surface area contributed by atoms with Crippen molar-refractivity contribution in [1.29, 1.82) is 0 Å². The van der Waals surface area contributed by atoms with Crippen LogP contribution in [0.3, 0.4) is 0 Å². The molecular formula is C18H17N3O3. The molecular weight excluding hydrogens is 306 g/mol. The molecule has 122 valence electrons. The molecule has 0 aliphatic carbocycles. The van der Waals surface area contributed by atoms with Gasteiger partial charge in [-0.2, -0.15) is 5.10 Å². The Morgan fingerprint density at radius 2 is 2.12 bits per heavy atom. The maximum absolute atomic E-state index is 12.7. The lowest BCUT2D eigenvalue weighted by atomic mass is 10.1. The molecule has 0 unspecified atom stereocenters. The van der Waals surface area contributed by atoms with Crippen LogP contribution in [0.5, 0.6) is 0 Å². The predicted octanol–water partition coefficient (Wildman–Crippen LogP) is 2.28. The molecule has 6 nitrogen and oxygen atoms in total. The molecule has 0 saturated heterocycles. The number of aromatic carboxylic acids is 1. The number of rotatable bonds is 3. The minimum atomic E-state index is -0.979. The van der Waals surface area contributed by atoms with E-state index in [0.717, 1.165) is 36.8 Å². The second-order valence-electron chi connectivity index (χ2n) is 6.17. The maximum Gasteiger partial charge on any atom is 0.335 e.